The molecule has 2 atom stereocenters. The minimum absolute atomic E-state index is 0.00428. The molecule has 0 aromatic heterocycles. The number of hydrogen-bond acceptors (Lipinski definition) is 2. The van der Waals surface area contributed by atoms with Crippen LogP contribution in [0, 0.1) is 0 Å². The van der Waals surface area contributed by atoms with Crippen molar-refractivity contribution < 1.29 is 14.0 Å². The molecular formula is C25H36NO2+. The summed E-state index contributed by atoms with van der Waals surface area (Å²) < 4.78 is 7.23. The second kappa shape index (κ2) is 8.02. The smallest absolute Gasteiger partial charge is 0.310 e. The van der Waals surface area contributed by atoms with Crippen LogP contribution in [0.3, 0.4) is 0 Å². The second-order valence-corrected chi connectivity index (χ2v) is 9.62. The maximum Gasteiger partial charge on any atom is 0.310 e. The SMILES string of the molecule is CC(C)[N+]1(C)C2CCC1CC(OC(=O)CC1=C(c3ccccc3)CCCC1)C2. The first-order chi connectivity index (χ1) is 13.5. The molecule has 2 aliphatic heterocycles. The van der Waals surface area contributed by atoms with Crippen molar-refractivity contribution in [3.8, 4) is 0 Å². The normalized spacial score (nSPS) is 32.6. The molecule has 1 aliphatic carbocycles. The Hall–Kier alpha value is -1.61. The first-order valence-corrected chi connectivity index (χ1v) is 11.3. The summed E-state index contributed by atoms with van der Waals surface area (Å²) in [5.41, 5.74) is 3.98. The topological polar surface area (TPSA) is 26.3 Å². The van der Waals surface area contributed by atoms with E-state index in [1.54, 1.807) is 0 Å². The summed E-state index contributed by atoms with van der Waals surface area (Å²) in [6.07, 6.45) is 9.81. The Balaban J connectivity index is 1.42. The van der Waals surface area contributed by atoms with E-state index >= 15 is 0 Å². The van der Waals surface area contributed by atoms with Gasteiger partial charge in [-0.05, 0) is 50.7 Å². The van der Waals surface area contributed by atoms with E-state index in [2.05, 4.69) is 51.2 Å². The van der Waals surface area contributed by atoms with Gasteiger partial charge in [0.05, 0.1) is 31.6 Å². The molecule has 2 saturated heterocycles. The van der Waals surface area contributed by atoms with Gasteiger partial charge in [0.25, 0.3) is 0 Å². The summed E-state index contributed by atoms with van der Waals surface area (Å²) in [5.74, 6) is -0.00428. The maximum atomic E-state index is 12.8. The number of esters is 1. The lowest BCUT2D eigenvalue weighted by molar-refractivity contribution is -0.968. The number of carbonyl (C=O) groups excluding carboxylic acids is 1. The van der Waals surface area contributed by atoms with Gasteiger partial charge >= 0.3 is 5.97 Å². The Morgan fingerprint density at radius 2 is 1.71 bits per heavy atom. The first kappa shape index (κ1) is 19.7. The van der Waals surface area contributed by atoms with E-state index in [9.17, 15) is 4.79 Å². The largest absolute Gasteiger partial charge is 0.462 e. The van der Waals surface area contributed by atoms with Crippen LogP contribution in [0.4, 0.5) is 0 Å². The molecule has 28 heavy (non-hydrogen) atoms. The zero-order valence-corrected chi connectivity index (χ0v) is 17.8. The van der Waals surface area contributed by atoms with Crippen molar-refractivity contribution >= 4 is 11.5 Å². The highest BCUT2D eigenvalue weighted by Gasteiger charge is 2.53. The average molecular weight is 383 g/mol. The first-order valence-electron chi connectivity index (χ1n) is 11.3. The van der Waals surface area contributed by atoms with Crippen LogP contribution in [0.1, 0.15) is 77.2 Å². The number of nitrogens with zero attached hydrogens (tertiary/aromatic N) is 1. The minimum atomic E-state index is -0.00428. The zero-order chi connectivity index (χ0) is 19.7. The zero-order valence-electron chi connectivity index (χ0n) is 17.8. The van der Waals surface area contributed by atoms with Gasteiger partial charge in [-0.3, -0.25) is 4.79 Å². The highest BCUT2D eigenvalue weighted by molar-refractivity contribution is 5.79. The van der Waals surface area contributed by atoms with E-state index in [4.69, 9.17) is 4.74 Å². The molecule has 0 spiro atoms. The van der Waals surface area contributed by atoms with Crippen molar-refractivity contribution in [3.63, 3.8) is 0 Å². The number of quaternary nitrogens is 1. The van der Waals surface area contributed by atoms with Gasteiger partial charge in [-0.2, -0.15) is 0 Å². The standard InChI is InChI=1S/C25H36NO2/c1-18(2)26(3)21-13-14-22(26)17-23(16-21)28-25(27)15-20-11-7-8-12-24(20)19-9-5-4-6-10-19/h4-6,9-10,18,21-23H,7-8,11-17H2,1-3H3/q+1. The number of ether oxygens (including phenoxy) is 1. The Morgan fingerprint density at radius 3 is 2.36 bits per heavy atom. The Bertz CT molecular complexity index is 722. The van der Waals surface area contributed by atoms with Crippen LogP contribution in [0.2, 0.25) is 0 Å². The lowest BCUT2D eigenvalue weighted by atomic mass is 9.86. The molecule has 2 unspecified atom stereocenters. The molecule has 3 heteroatoms. The molecule has 3 aliphatic rings. The van der Waals surface area contributed by atoms with Crippen LogP contribution in [0.5, 0.6) is 0 Å². The molecule has 3 nitrogen and oxygen atoms in total. The number of allylic oxidation sites excluding steroid dienone is 1. The molecule has 0 amide bonds. The van der Waals surface area contributed by atoms with Gasteiger partial charge in [0.15, 0.2) is 0 Å². The molecule has 1 aromatic rings. The predicted octanol–water partition coefficient (Wildman–Crippen LogP) is 5.50. The fourth-order valence-electron chi connectivity index (χ4n) is 6.12. The molecular weight excluding hydrogens is 346 g/mol. The summed E-state index contributed by atoms with van der Waals surface area (Å²) in [6.45, 7) is 4.69. The number of hydrogen-bond donors (Lipinski definition) is 0. The monoisotopic (exact) mass is 382 g/mol. The average Bonchev–Trinajstić information content (AvgIpc) is 2.87. The van der Waals surface area contributed by atoms with Crippen LogP contribution >= 0.6 is 0 Å². The summed E-state index contributed by atoms with van der Waals surface area (Å²) in [6, 6.07) is 12.6. The van der Waals surface area contributed by atoms with Crippen LogP contribution in [0.25, 0.3) is 5.57 Å². The van der Waals surface area contributed by atoms with Gasteiger partial charge in [-0.15, -0.1) is 0 Å². The van der Waals surface area contributed by atoms with E-state index in [0.717, 1.165) is 25.7 Å². The number of benzene rings is 1. The molecule has 2 fully saturated rings. The Morgan fingerprint density at radius 1 is 1.07 bits per heavy atom. The molecule has 0 radical (unpaired) electrons. The molecule has 1 aromatic carbocycles. The number of carbonyl (C=O) groups is 1. The van der Waals surface area contributed by atoms with Gasteiger partial charge in [0, 0.05) is 25.7 Å². The highest BCUT2D eigenvalue weighted by atomic mass is 16.5. The van der Waals surface area contributed by atoms with Crippen molar-refractivity contribution in [2.45, 2.75) is 95.9 Å². The quantitative estimate of drug-likeness (QED) is 0.497. The number of piperidine rings is 1. The second-order valence-electron chi connectivity index (χ2n) is 9.62. The fraction of sp³-hybridized carbons (Fsp3) is 0.640. The molecule has 152 valence electrons. The predicted molar refractivity (Wildman–Crippen MR) is 114 cm³/mol. The fourth-order valence-corrected chi connectivity index (χ4v) is 6.12. The molecule has 0 saturated carbocycles. The van der Waals surface area contributed by atoms with E-state index in [1.807, 2.05) is 0 Å². The summed E-state index contributed by atoms with van der Waals surface area (Å²) in [4.78, 5) is 12.8. The lowest BCUT2D eigenvalue weighted by Crippen LogP contribution is -2.62. The van der Waals surface area contributed by atoms with Gasteiger partial charge < -0.3 is 9.22 Å². The van der Waals surface area contributed by atoms with Crippen molar-refractivity contribution in [1.82, 2.24) is 0 Å². The van der Waals surface area contributed by atoms with E-state index in [-0.39, 0.29) is 12.1 Å². The Kier molecular flexibility index (Phi) is 5.64. The maximum absolute atomic E-state index is 12.8. The van der Waals surface area contributed by atoms with Crippen LogP contribution in [0.15, 0.2) is 35.9 Å². The molecule has 2 bridgehead atoms. The molecule has 4 rings (SSSR count). The van der Waals surface area contributed by atoms with E-state index in [0.29, 0.717) is 24.5 Å². The van der Waals surface area contributed by atoms with Gasteiger partial charge in [0.1, 0.15) is 6.10 Å². The third-order valence-electron chi connectivity index (χ3n) is 7.95. The summed E-state index contributed by atoms with van der Waals surface area (Å²) in [7, 11) is 2.42. The van der Waals surface area contributed by atoms with Crippen LogP contribution in [-0.4, -0.2) is 41.7 Å². The van der Waals surface area contributed by atoms with Gasteiger partial charge in [-0.25, -0.2) is 0 Å². The van der Waals surface area contributed by atoms with Crippen LogP contribution < -0.4 is 0 Å². The highest BCUT2D eigenvalue weighted by Crippen LogP contribution is 2.44. The van der Waals surface area contributed by atoms with Gasteiger partial charge in [-0.1, -0.05) is 35.9 Å². The molecule has 2 heterocycles. The van der Waals surface area contributed by atoms with Crippen molar-refractivity contribution in [2.24, 2.45) is 0 Å². The van der Waals surface area contributed by atoms with Gasteiger partial charge in [0.2, 0.25) is 0 Å². The third-order valence-corrected chi connectivity index (χ3v) is 7.95. The number of rotatable bonds is 5. The van der Waals surface area contributed by atoms with Crippen molar-refractivity contribution in [1.29, 1.82) is 0 Å². The van der Waals surface area contributed by atoms with Crippen LogP contribution in [-0.2, 0) is 9.53 Å². The Labute approximate surface area is 170 Å². The summed E-state index contributed by atoms with van der Waals surface area (Å²) >= 11 is 0. The van der Waals surface area contributed by atoms with E-state index < -0.39 is 0 Å². The lowest BCUT2D eigenvalue weighted by Gasteiger charge is -2.49. The minimum Gasteiger partial charge on any atom is -0.462 e. The molecule has 0 N–H and O–H groups in total. The van der Waals surface area contributed by atoms with Crippen molar-refractivity contribution in [2.75, 3.05) is 7.05 Å². The van der Waals surface area contributed by atoms with Crippen molar-refractivity contribution in [3.05, 3.63) is 41.5 Å². The third kappa shape index (κ3) is 3.66. The number of fused-ring (bicyclic) bond motifs is 2. The summed E-state index contributed by atoms with van der Waals surface area (Å²) in [5, 5.41) is 0. The van der Waals surface area contributed by atoms with E-state index in [1.165, 1.54) is 46.9 Å².